The topological polar surface area (TPSA) is 87.3 Å². The van der Waals surface area contributed by atoms with Crippen molar-refractivity contribution >= 4 is 33.0 Å². The number of hydrogen-bond donors (Lipinski definition) is 3. The maximum absolute atomic E-state index is 12.9. The van der Waals surface area contributed by atoms with Crippen molar-refractivity contribution in [3.05, 3.63) is 83.4 Å². The molecule has 0 spiro atoms. The summed E-state index contributed by atoms with van der Waals surface area (Å²) in [5.41, 5.74) is 4.90. The fourth-order valence-electron chi connectivity index (χ4n) is 3.12. The maximum atomic E-state index is 12.9. The third-order valence-corrected chi connectivity index (χ3v) is 6.53. The first-order valence-electron chi connectivity index (χ1n) is 10.0. The summed E-state index contributed by atoms with van der Waals surface area (Å²) in [5.74, 6) is -0.288. The second-order valence-corrected chi connectivity index (χ2v) is 9.39. The van der Waals surface area contributed by atoms with Crippen LogP contribution in [0.15, 0.2) is 71.6 Å². The number of hydrogen-bond acceptors (Lipinski definition) is 4. The molecule has 6 nitrogen and oxygen atoms in total. The van der Waals surface area contributed by atoms with Gasteiger partial charge in [0.05, 0.1) is 16.1 Å². The van der Waals surface area contributed by atoms with Crippen LogP contribution >= 0.6 is 0 Å². The minimum Gasteiger partial charge on any atom is -0.355 e. The van der Waals surface area contributed by atoms with Crippen LogP contribution in [0, 0.1) is 13.8 Å². The monoisotopic (exact) mass is 437 g/mol. The molecule has 0 aliphatic heterocycles. The molecule has 3 rings (SSSR count). The minimum atomic E-state index is -3.58. The summed E-state index contributed by atoms with van der Waals surface area (Å²) >= 11 is 0. The first-order chi connectivity index (χ1) is 14.7. The van der Waals surface area contributed by atoms with Gasteiger partial charge >= 0.3 is 0 Å². The Balaban J connectivity index is 1.79. The lowest BCUT2D eigenvalue weighted by molar-refractivity contribution is 0.102. The van der Waals surface area contributed by atoms with Gasteiger partial charge in [-0.05, 0) is 81.3 Å². The number of nitrogens with one attached hydrogen (secondary N) is 3. The van der Waals surface area contributed by atoms with Crippen molar-refractivity contribution < 1.29 is 13.2 Å². The number of para-hydroxylation sites is 1. The van der Waals surface area contributed by atoms with Crippen molar-refractivity contribution in [2.75, 3.05) is 10.6 Å². The van der Waals surface area contributed by atoms with E-state index in [1.54, 1.807) is 38.1 Å². The average Bonchev–Trinajstić information content (AvgIpc) is 2.71. The van der Waals surface area contributed by atoms with Crippen molar-refractivity contribution in [2.45, 2.75) is 38.6 Å². The smallest absolute Gasteiger partial charge is 0.257 e. The Labute approximate surface area is 183 Å². The zero-order chi connectivity index (χ0) is 22.6. The van der Waals surface area contributed by atoms with E-state index in [1.807, 2.05) is 44.2 Å². The van der Waals surface area contributed by atoms with Crippen LogP contribution in [0.3, 0.4) is 0 Å². The lowest BCUT2D eigenvalue weighted by atomic mass is 10.1. The van der Waals surface area contributed by atoms with Crippen LogP contribution in [-0.4, -0.2) is 20.4 Å². The third kappa shape index (κ3) is 5.51. The van der Waals surface area contributed by atoms with Crippen LogP contribution in [0.5, 0.6) is 0 Å². The van der Waals surface area contributed by atoms with Gasteiger partial charge in [-0.2, -0.15) is 0 Å². The first-order valence-corrected chi connectivity index (χ1v) is 11.5. The molecule has 3 aromatic carbocycles. The summed E-state index contributed by atoms with van der Waals surface area (Å²) in [7, 11) is -3.58. The lowest BCUT2D eigenvalue weighted by Gasteiger charge is -2.15. The number of benzene rings is 3. The summed E-state index contributed by atoms with van der Waals surface area (Å²) in [6.45, 7) is 7.59. The second kappa shape index (κ2) is 9.32. The highest BCUT2D eigenvalue weighted by Gasteiger charge is 2.16. The predicted molar refractivity (Wildman–Crippen MR) is 125 cm³/mol. The standard InChI is InChI=1S/C24H27N3O3S/c1-16(2)27-31(29,30)20-14-12-19(13-15-20)25-24(28)21-9-5-6-10-23(21)26-22-11-7-8-17(3)18(22)4/h5-16,26-27H,1-4H3,(H,25,28). The van der Waals surface area contributed by atoms with Gasteiger partial charge in [0.15, 0.2) is 0 Å². The van der Waals surface area contributed by atoms with Crippen molar-refractivity contribution in [2.24, 2.45) is 0 Å². The van der Waals surface area contributed by atoms with Crippen LogP contribution < -0.4 is 15.4 Å². The van der Waals surface area contributed by atoms with Crippen molar-refractivity contribution in [3.63, 3.8) is 0 Å². The van der Waals surface area contributed by atoms with Crippen LogP contribution in [0.25, 0.3) is 0 Å². The lowest BCUT2D eigenvalue weighted by Crippen LogP contribution is -2.30. The molecule has 0 saturated heterocycles. The summed E-state index contributed by atoms with van der Waals surface area (Å²) in [4.78, 5) is 13.1. The van der Waals surface area contributed by atoms with Gasteiger partial charge in [0.1, 0.15) is 0 Å². The SMILES string of the molecule is Cc1cccc(Nc2ccccc2C(=O)Nc2ccc(S(=O)(=O)NC(C)C)cc2)c1C. The molecular weight excluding hydrogens is 410 g/mol. The number of rotatable bonds is 7. The molecule has 3 N–H and O–H groups in total. The Hall–Kier alpha value is -3.16. The molecule has 0 aliphatic carbocycles. The van der Waals surface area contributed by atoms with Gasteiger partial charge < -0.3 is 10.6 Å². The number of sulfonamides is 1. The Morgan fingerprint density at radius 2 is 1.48 bits per heavy atom. The van der Waals surface area contributed by atoms with Crippen LogP contribution in [0.2, 0.25) is 0 Å². The molecule has 0 unspecified atom stereocenters. The highest BCUT2D eigenvalue weighted by molar-refractivity contribution is 7.89. The van der Waals surface area contributed by atoms with Gasteiger partial charge in [-0.1, -0.05) is 24.3 Å². The van der Waals surface area contributed by atoms with E-state index in [0.717, 1.165) is 16.8 Å². The number of aryl methyl sites for hydroxylation is 1. The molecular formula is C24H27N3O3S. The highest BCUT2D eigenvalue weighted by Crippen LogP contribution is 2.26. The van der Waals surface area contributed by atoms with E-state index in [0.29, 0.717) is 16.9 Å². The molecule has 162 valence electrons. The summed E-state index contributed by atoms with van der Waals surface area (Å²) in [6, 6.07) is 19.1. The van der Waals surface area contributed by atoms with Crippen molar-refractivity contribution in [1.29, 1.82) is 0 Å². The summed E-state index contributed by atoms with van der Waals surface area (Å²) in [5, 5.41) is 6.18. The molecule has 1 amide bonds. The molecule has 7 heteroatoms. The quantitative estimate of drug-likeness (QED) is 0.486. The zero-order valence-corrected chi connectivity index (χ0v) is 18.9. The van der Waals surface area contributed by atoms with E-state index in [2.05, 4.69) is 15.4 Å². The van der Waals surface area contributed by atoms with Gasteiger partial charge in [0.25, 0.3) is 5.91 Å². The normalized spacial score (nSPS) is 11.4. The van der Waals surface area contributed by atoms with Crippen LogP contribution in [-0.2, 0) is 10.0 Å². The van der Waals surface area contributed by atoms with Gasteiger partial charge in [-0.15, -0.1) is 0 Å². The van der Waals surface area contributed by atoms with E-state index >= 15 is 0 Å². The summed E-state index contributed by atoms with van der Waals surface area (Å²) in [6.07, 6.45) is 0. The second-order valence-electron chi connectivity index (χ2n) is 7.67. The molecule has 0 atom stereocenters. The molecule has 0 radical (unpaired) electrons. The fourth-order valence-corrected chi connectivity index (χ4v) is 4.37. The number of amides is 1. The van der Waals surface area contributed by atoms with Gasteiger partial charge in [-0.3, -0.25) is 4.79 Å². The average molecular weight is 438 g/mol. The van der Waals surface area contributed by atoms with Gasteiger partial charge in [0, 0.05) is 17.4 Å². The molecule has 0 aliphatic rings. The minimum absolute atomic E-state index is 0.149. The molecule has 0 aromatic heterocycles. The Morgan fingerprint density at radius 3 is 2.16 bits per heavy atom. The Bertz CT molecular complexity index is 1190. The molecule has 0 fully saturated rings. The highest BCUT2D eigenvalue weighted by atomic mass is 32.2. The molecule has 0 heterocycles. The van der Waals surface area contributed by atoms with E-state index in [9.17, 15) is 13.2 Å². The van der Waals surface area contributed by atoms with Gasteiger partial charge in [0.2, 0.25) is 10.0 Å². The van der Waals surface area contributed by atoms with Crippen molar-refractivity contribution in [1.82, 2.24) is 4.72 Å². The van der Waals surface area contributed by atoms with Crippen LogP contribution in [0.4, 0.5) is 17.1 Å². The van der Waals surface area contributed by atoms with E-state index < -0.39 is 10.0 Å². The predicted octanol–water partition coefficient (Wildman–Crippen LogP) is 4.99. The molecule has 31 heavy (non-hydrogen) atoms. The Kier molecular flexibility index (Phi) is 6.77. The van der Waals surface area contributed by atoms with E-state index in [1.165, 1.54) is 12.1 Å². The first kappa shape index (κ1) is 22.5. The van der Waals surface area contributed by atoms with E-state index in [4.69, 9.17) is 0 Å². The largest absolute Gasteiger partial charge is 0.355 e. The van der Waals surface area contributed by atoms with E-state index in [-0.39, 0.29) is 16.8 Å². The fraction of sp³-hybridized carbons (Fsp3) is 0.208. The molecule has 0 saturated carbocycles. The van der Waals surface area contributed by atoms with Crippen molar-refractivity contribution in [3.8, 4) is 0 Å². The Morgan fingerprint density at radius 1 is 0.839 bits per heavy atom. The summed E-state index contributed by atoms with van der Waals surface area (Å²) < 4.78 is 27.1. The number of carbonyl (C=O) groups is 1. The number of anilines is 3. The maximum Gasteiger partial charge on any atom is 0.257 e. The van der Waals surface area contributed by atoms with Crippen LogP contribution in [0.1, 0.15) is 35.3 Å². The molecule has 0 bridgehead atoms. The zero-order valence-electron chi connectivity index (χ0n) is 18.1. The van der Waals surface area contributed by atoms with Gasteiger partial charge in [-0.25, -0.2) is 13.1 Å². The number of carbonyl (C=O) groups excluding carboxylic acids is 1. The molecule has 3 aromatic rings. The third-order valence-electron chi connectivity index (χ3n) is 4.86.